The van der Waals surface area contributed by atoms with Gasteiger partial charge in [0.2, 0.25) is 5.91 Å². The Morgan fingerprint density at radius 1 is 1.26 bits per heavy atom. The average Bonchev–Trinajstić information content (AvgIpc) is 2.74. The molecule has 3 rings (SSSR count). The van der Waals surface area contributed by atoms with Crippen LogP contribution in [0.4, 0.5) is 15.8 Å². The maximum absolute atomic E-state index is 13.7. The molecular weight excluding hydrogens is 247 g/mol. The van der Waals surface area contributed by atoms with Crippen molar-refractivity contribution in [3.05, 3.63) is 17.9 Å². The highest BCUT2D eigenvalue weighted by Crippen LogP contribution is 2.41. The number of rotatable bonds is 1. The Kier molecular flexibility index (Phi) is 2.84. The topological polar surface area (TPSA) is 50.4 Å². The third-order valence-corrected chi connectivity index (χ3v) is 4.03. The predicted octanol–water partition coefficient (Wildman–Crippen LogP) is 2.90. The number of nitrogens with one attached hydrogen (secondary N) is 2. The van der Waals surface area contributed by atoms with Gasteiger partial charge in [0.25, 0.3) is 0 Å². The molecule has 4 nitrogen and oxygen atoms in total. The Hall–Kier alpha value is -1.78. The van der Waals surface area contributed by atoms with Gasteiger partial charge in [-0.2, -0.15) is 0 Å². The SMILES string of the molecule is COc1cc2c(cc1F)NC(=O)CC1(CCCC1)N2. The maximum atomic E-state index is 13.7. The fourth-order valence-electron chi connectivity index (χ4n) is 3.10. The van der Waals surface area contributed by atoms with Crippen molar-refractivity contribution in [1.29, 1.82) is 0 Å². The maximum Gasteiger partial charge on any atom is 0.226 e. The van der Waals surface area contributed by atoms with Gasteiger partial charge < -0.3 is 15.4 Å². The molecule has 1 spiro atoms. The summed E-state index contributed by atoms with van der Waals surface area (Å²) in [5.74, 6) is -0.334. The molecule has 19 heavy (non-hydrogen) atoms. The highest BCUT2D eigenvalue weighted by molar-refractivity contribution is 5.97. The molecule has 1 aromatic carbocycles. The molecule has 2 N–H and O–H groups in total. The molecule has 1 fully saturated rings. The lowest BCUT2D eigenvalue weighted by molar-refractivity contribution is -0.117. The van der Waals surface area contributed by atoms with Gasteiger partial charge in [-0.25, -0.2) is 4.39 Å². The van der Waals surface area contributed by atoms with Gasteiger partial charge in [-0.3, -0.25) is 4.79 Å². The van der Waals surface area contributed by atoms with Crippen LogP contribution >= 0.6 is 0 Å². The molecule has 5 heteroatoms. The number of carbonyl (C=O) groups excluding carboxylic acids is 1. The number of halogens is 1. The van der Waals surface area contributed by atoms with Crippen molar-refractivity contribution in [2.45, 2.75) is 37.6 Å². The van der Waals surface area contributed by atoms with Crippen LogP contribution in [0.5, 0.6) is 5.75 Å². The first-order valence-corrected chi connectivity index (χ1v) is 6.57. The summed E-state index contributed by atoms with van der Waals surface area (Å²) >= 11 is 0. The largest absolute Gasteiger partial charge is 0.494 e. The van der Waals surface area contributed by atoms with Crippen LogP contribution in [-0.2, 0) is 4.79 Å². The molecule has 0 radical (unpaired) electrons. The second kappa shape index (κ2) is 4.40. The molecule has 1 amide bonds. The third-order valence-electron chi connectivity index (χ3n) is 4.03. The first-order chi connectivity index (χ1) is 9.12. The van der Waals surface area contributed by atoms with Crippen LogP contribution in [0.1, 0.15) is 32.1 Å². The van der Waals surface area contributed by atoms with Crippen molar-refractivity contribution >= 4 is 17.3 Å². The molecule has 1 saturated carbocycles. The van der Waals surface area contributed by atoms with E-state index in [2.05, 4.69) is 10.6 Å². The molecule has 1 aliphatic heterocycles. The van der Waals surface area contributed by atoms with Gasteiger partial charge in [-0.05, 0) is 12.8 Å². The average molecular weight is 264 g/mol. The number of methoxy groups -OCH3 is 1. The monoisotopic (exact) mass is 264 g/mol. The van der Waals surface area contributed by atoms with Crippen LogP contribution in [-0.4, -0.2) is 18.6 Å². The van der Waals surface area contributed by atoms with Crippen LogP contribution < -0.4 is 15.4 Å². The number of fused-ring (bicyclic) bond motifs is 1. The molecule has 0 aromatic heterocycles. The molecule has 0 unspecified atom stereocenters. The Balaban J connectivity index is 2.04. The highest BCUT2D eigenvalue weighted by atomic mass is 19.1. The van der Waals surface area contributed by atoms with E-state index >= 15 is 0 Å². The quantitative estimate of drug-likeness (QED) is 0.820. The zero-order valence-electron chi connectivity index (χ0n) is 10.9. The first kappa shape index (κ1) is 12.3. The van der Waals surface area contributed by atoms with Crippen LogP contribution in [0.15, 0.2) is 12.1 Å². The van der Waals surface area contributed by atoms with Gasteiger partial charge in [-0.1, -0.05) is 12.8 Å². The molecule has 102 valence electrons. The van der Waals surface area contributed by atoms with E-state index in [4.69, 9.17) is 4.74 Å². The van der Waals surface area contributed by atoms with Gasteiger partial charge in [0.15, 0.2) is 11.6 Å². The van der Waals surface area contributed by atoms with Crippen LogP contribution in [0.2, 0.25) is 0 Å². The van der Waals surface area contributed by atoms with Crippen molar-refractivity contribution < 1.29 is 13.9 Å². The summed E-state index contributed by atoms with van der Waals surface area (Å²) in [6, 6.07) is 2.93. The second-order valence-corrected chi connectivity index (χ2v) is 5.37. The minimum atomic E-state index is -0.467. The van der Waals surface area contributed by atoms with E-state index in [1.54, 1.807) is 6.07 Å². The Morgan fingerprint density at radius 3 is 2.68 bits per heavy atom. The first-order valence-electron chi connectivity index (χ1n) is 6.57. The van der Waals surface area contributed by atoms with Crippen molar-refractivity contribution in [3.8, 4) is 5.75 Å². The summed E-state index contributed by atoms with van der Waals surface area (Å²) in [4.78, 5) is 12.0. The molecule has 1 aromatic rings. The lowest BCUT2D eigenvalue weighted by Crippen LogP contribution is -2.36. The van der Waals surface area contributed by atoms with Gasteiger partial charge in [-0.15, -0.1) is 0 Å². The van der Waals surface area contributed by atoms with Crippen LogP contribution in [0.25, 0.3) is 0 Å². The van der Waals surface area contributed by atoms with E-state index < -0.39 is 5.82 Å². The Morgan fingerprint density at radius 2 is 2.00 bits per heavy atom. The molecule has 0 atom stereocenters. The number of benzene rings is 1. The van der Waals surface area contributed by atoms with E-state index in [1.165, 1.54) is 13.2 Å². The molecule has 1 aliphatic carbocycles. The second-order valence-electron chi connectivity index (χ2n) is 5.37. The zero-order chi connectivity index (χ0) is 13.5. The summed E-state index contributed by atoms with van der Waals surface area (Å²) in [6.45, 7) is 0. The van der Waals surface area contributed by atoms with Crippen molar-refractivity contribution in [2.24, 2.45) is 0 Å². The standard InChI is InChI=1S/C14H17FN2O2/c1-19-12-7-11-10(6-9(12)15)16-13(18)8-14(17-11)4-2-3-5-14/h6-7,17H,2-5,8H2,1H3,(H,16,18). The van der Waals surface area contributed by atoms with E-state index in [9.17, 15) is 9.18 Å². The molecule has 0 bridgehead atoms. The number of hydrogen-bond acceptors (Lipinski definition) is 3. The van der Waals surface area contributed by atoms with Crippen molar-refractivity contribution in [3.63, 3.8) is 0 Å². The fourth-order valence-corrected chi connectivity index (χ4v) is 3.10. The third kappa shape index (κ3) is 2.13. The number of anilines is 2. The van der Waals surface area contributed by atoms with Crippen LogP contribution in [0.3, 0.4) is 0 Å². The highest BCUT2D eigenvalue weighted by Gasteiger charge is 2.38. The van der Waals surface area contributed by atoms with Gasteiger partial charge in [0.1, 0.15) is 0 Å². The van der Waals surface area contributed by atoms with Gasteiger partial charge in [0.05, 0.1) is 18.5 Å². The van der Waals surface area contributed by atoms with Crippen LogP contribution in [0, 0.1) is 5.82 Å². The number of carbonyl (C=O) groups is 1. The molecular formula is C14H17FN2O2. The Bertz CT molecular complexity index is 524. The summed E-state index contributed by atoms with van der Waals surface area (Å²) in [7, 11) is 1.44. The zero-order valence-corrected chi connectivity index (χ0v) is 10.9. The minimum Gasteiger partial charge on any atom is -0.494 e. The van der Waals surface area contributed by atoms with E-state index in [1.807, 2.05) is 0 Å². The molecule has 1 heterocycles. The molecule has 0 saturated heterocycles. The fraction of sp³-hybridized carbons (Fsp3) is 0.500. The lowest BCUT2D eigenvalue weighted by Gasteiger charge is -2.28. The Labute approximate surface area is 111 Å². The van der Waals surface area contributed by atoms with Gasteiger partial charge >= 0.3 is 0 Å². The smallest absolute Gasteiger partial charge is 0.226 e. The van der Waals surface area contributed by atoms with E-state index in [-0.39, 0.29) is 17.2 Å². The van der Waals surface area contributed by atoms with Crippen molar-refractivity contribution in [2.75, 3.05) is 17.7 Å². The summed E-state index contributed by atoms with van der Waals surface area (Å²) in [6.07, 6.45) is 4.62. The van der Waals surface area contributed by atoms with E-state index in [0.29, 0.717) is 12.1 Å². The number of amides is 1. The summed E-state index contributed by atoms with van der Waals surface area (Å²) in [5, 5.41) is 6.21. The predicted molar refractivity (Wildman–Crippen MR) is 71.0 cm³/mol. The summed E-state index contributed by atoms with van der Waals surface area (Å²) in [5.41, 5.74) is 1.05. The minimum absolute atomic E-state index is 0.0577. The van der Waals surface area contributed by atoms with Crippen molar-refractivity contribution in [1.82, 2.24) is 0 Å². The lowest BCUT2D eigenvalue weighted by atomic mass is 9.93. The number of ether oxygens (including phenoxy) is 1. The van der Waals surface area contributed by atoms with E-state index in [0.717, 1.165) is 31.4 Å². The number of hydrogen-bond donors (Lipinski definition) is 2. The normalized spacial score (nSPS) is 20.4. The summed E-state index contributed by atoms with van der Waals surface area (Å²) < 4.78 is 18.7. The molecule has 2 aliphatic rings. The van der Waals surface area contributed by atoms with Gasteiger partial charge in [0, 0.05) is 24.1 Å².